The van der Waals surface area contributed by atoms with Gasteiger partial charge in [0.1, 0.15) is 12.7 Å². The van der Waals surface area contributed by atoms with Crippen LogP contribution in [-0.2, 0) is 11.0 Å². The molecule has 2 aliphatic rings. The molecule has 1 aliphatic carbocycles. The Morgan fingerprint density at radius 2 is 1.78 bits per heavy atom. The number of hydrogen-bond donors (Lipinski definition) is 1. The number of halogens is 3. The number of ether oxygens (including phenoxy) is 2. The van der Waals surface area contributed by atoms with Crippen LogP contribution in [-0.4, -0.2) is 25.2 Å². The minimum absolute atomic E-state index is 0.0310. The van der Waals surface area contributed by atoms with E-state index in [1.807, 2.05) is 24.3 Å². The van der Waals surface area contributed by atoms with E-state index in [1.165, 1.54) is 12.1 Å². The van der Waals surface area contributed by atoms with E-state index in [0.717, 1.165) is 17.7 Å². The van der Waals surface area contributed by atoms with Crippen molar-refractivity contribution in [2.75, 3.05) is 13.2 Å². The Balaban J connectivity index is 1.28. The van der Waals surface area contributed by atoms with Gasteiger partial charge >= 0.3 is 6.18 Å². The van der Waals surface area contributed by atoms with Gasteiger partial charge in [-0.15, -0.1) is 0 Å². The van der Waals surface area contributed by atoms with Gasteiger partial charge in [0.25, 0.3) is 0 Å². The summed E-state index contributed by atoms with van der Waals surface area (Å²) in [5.41, 5.74) is 0.0805. The van der Waals surface area contributed by atoms with Crippen LogP contribution in [0.15, 0.2) is 48.5 Å². The van der Waals surface area contributed by atoms with Crippen LogP contribution in [0.3, 0.4) is 0 Å². The second-order valence-corrected chi connectivity index (χ2v) is 6.81. The first-order valence-electron chi connectivity index (χ1n) is 8.75. The Labute approximate surface area is 154 Å². The zero-order valence-electron chi connectivity index (χ0n) is 14.3. The highest BCUT2D eigenvalue weighted by Gasteiger charge is 2.44. The fourth-order valence-corrected chi connectivity index (χ4v) is 3.28. The van der Waals surface area contributed by atoms with Gasteiger partial charge in [-0.05, 0) is 42.2 Å². The summed E-state index contributed by atoms with van der Waals surface area (Å²) in [5, 5.41) is 2.86. The Morgan fingerprint density at radius 3 is 2.48 bits per heavy atom. The lowest BCUT2D eigenvalue weighted by atomic mass is 10.1. The predicted octanol–water partition coefficient (Wildman–Crippen LogP) is 3.77. The molecule has 1 saturated carbocycles. The summed E-state index contributed by atoms with van der Waals surface area (Å²) in [6, 6.07) is 12.4. The van der Waals surface area contributed by atoms with Gasteiger partial charge in [-0.1, -0.05) is 24.3 Å². The molecule has 1 N–H and O–H groups in total. The summed E-state index contributed by atoms with van der Waals surface area (Å²) in [7, 11) is 0. The number of rotatable bonds is 4. The third kappa shape index (κ3) is 3.86. The second-order valence-electron chi connectivity index (χ2n) is 6.81. The fraction of sp³-hybridized carbons (Fsp3) is 0.350. The molecule has 7 heteroatoms. The van der Waals surface area contributed by atoms with Gasteiger partial charge in [-0.3, -0.25) is 4.79 Å². The molecule has 0 saturated heterocycles. The lowest BCUT2D eigenvalue weighted by Crippen LogP contribution is -2.41. The number of benzene rings is 2. The van der Waals surface area contributed by atoms with Gasteiger partial charge in [-0.25, -0.2) is 0 Å². The molecular formula is C20H18F3NO3. The number of hydrogen-bond acceptors (Lipinski definition) is 3. The van der Waals surface area contributed by atoms with Crippen molar-refractivity contribution in [1.82, 2.24) is 5.32 Å². The SMILES string of the molecule is O=C(NC[C@@H]1COc2ccccc2O1)[C@H]1C[C@H]1c1ccc(C(F)(F)F)cc1. The average Bonchev–Trinajstić information content (AvgIpc) is 3.46. The molecule has 0 radical (unpaired) electrons. The van der Waals surface area contributed by atoms with E-state index in [-0.39, 0.29) is 23.8 Å². The number of fused-ring (bicyclic) bond motifs is 1. The number of nitrogens with one attached hydrogen (secondary N) is 1. The number of para-hydroxylation sites is 2. The maximum absolute atomic E-state index is 12.6. The highest BCUT2D eigenvalue weighted by atomic mass is 19.4. The van der Waals surface area contributed by atoms with Crippen LogP contribution in [0.1, 0.15) is 23.5 Å². The normalized spacial score (nSPS) is 23.6. The molecule has 27 heavy (non-hydrogen) atoms. The second kappa shape index (κ2) is 6.79. The molecular weight excluding hydrogens is 359 g/mol. The van der Waals surface area contributed by atoms with Crippen molar-refractivity contribution in [3.63, 3.8) is 0 Å². The Morgan fingerprint density at radius 1 is 1.07 bits per heavy atom. The van der Waals surface area contributed by atoms with Crippen molar-refractivity contribution in [2.24, 2.45) is 5.92 Å². The van der Waals surface area contributed by atoms with Gasteiger partial charge in [0, 0.05) is 5.92 Å². The van der Waals surface area contributed by atoms with Crippen LogP contribution in [0, 0.1) is 5.92 Å². The van der Waals surface area contributed by atoms with E-state index in [4.69, 9.17) is 9.47 Å². The van der Waals surface area contributed by atoms with Crippen molar-refractivity contribution in [3.05, 3.63) is 59.7 Å². The lowest BCUT2D eigenvalue weighted by molar-refractivity contribution is -0.137. The van der Waals surface area contributed by atoms with E-state index >= 15 is 0 Å². The molecule has 1 aliphatic heterocycles. The van der Waals surface area contributed by atoms with Crippen molar-refractivity contribution >= 4 is 5.91 Å². The Bertz CT molecular complexity index is 835. The minimum Gasteiger partial charge on any atom is -0.486 e. The third-order valence-electron chi connectivity index (χ3n) is 4.86. The smallest absolute Gasteiger partial charge is 0.416 e. The predicted molar refractivity (Wildman–Crippen MR) is 91.7 cm³/mol. The van der Waals surface area contributed by atoms with Crippen molar-refractivity contribution in [3.8, 4) is 11.5 Å². The molecule has 0 bridgehead atoms. The standard InChI is InChI=1S/C20H18F3NO3/c21-20(22,23)13-7-5-12(6-8-13)15-9-16(15)19(25)24-10-14-11-26-17-3-1-2-4-18(17)27-14/h1-8,14-16H,9-11H2,(H,24,25)/t14-,15+,16+/m1/s1. The van der Waals surface area contributed by atoms with Crippen LogP contribution >= 0.6 is 0 Å². The molecule has 3 atom stereocenters. The highest BCUT2D eigenvalue weighted by molar-refractivity contribution is 5.82. The molecule has 4 nitrogen and oxygen atoms in total. The van der Waals surface area contributed by atoms with E-state index in [2.05, 4.69) is 5.32 Å². The van der Waals surface area contributed by atoms with Crippen LogP contribution in [0.5, 0.6) is 11.5 Å². The summed E-state index contributed by atoms with van der Waals surface area (Å²) >= 11 is 0. The van der Waals surface area contributed by atoms with Crippen molar-refractivity contribution in [1.29, 1.82) is 0 Å². The lowest BCUT2D eigenvalue weighted by Gasteiger charge is -2.26. The van der Waals surface area contributed by atoms with Crippen molar-refractivity contribution < 1.29 is 27.4 Å². The molecule has 1 heterocycles. The first-order chi connectivity index (χ1) is 12.9. The summed E-state index contributed by atoms with van der Waals surface area (Å²) < 4.78 is 49.3. The highest BCUT2D eigenvalue weighted by Crippen LogP contribution is 2.48. The first-order valence-corrected chi connectivity index (χ1v) is 8.75. The van der Waals surface area contributed by atoms with Gasteiger partial charge in [-0.2, -0.15) is 13.2 Å². The number of alkyl halides is 3. The first kappa shape index (κ1) is 17.7. The molecule has 1 amide bonds. The zero-order chi connectivity index (χ0) is 19.0. The van der Waals surface area contributed by atoms with Crippen LogP contribution < -0.4 is 14.8 Å². The number of amides is 1. The maximum atomic E-state index is 12.6. The fourth-order valence-electron chi connectivity index (χ4n) is 3.28. The zero-order valence-corrected chi connectivity index (χ0v) is 14.3. The molecule has 0 aromatic heterocycles. The third-order valence-corrected chi connectivity index (χ3v) is 4.86. The minimum atomic E-state index is -4.35. The van der Waals surface area contributed by atoms with Gasteiger partial charge in [0.2, 0.25) is 5.91 Å². The summed E-state index contributed by atoms with van der Waals surface area (Å²) in [4.78, 5) is 12.3. The Hall–Kier alpha value is -2.70. The van der Waals surface area contributed by atoms with Gasteiger partial charge in [0.15, 0.2) is 11.5 Å². The largest absolute Gasteiger partial charge is 0.486 e. The van der Waals surface area contributed by atoms with Crippen LogP contribution in [0.25, 0.3) is 0 Å². The van der Waals surface area contributed by atoms with Crippen LogP contribution in [0.2, 0.25) is 0 Å². The number of carbonyl (C=O) groups excluding carboxylic acids is 1. The number of carbonyl (C=O) groups is 1. The van der Waals surface area contributed by atoms with Gasteiger partial charge in [0.05, 0.1) is 12.1 Å². The maximum Gasteiger partial charge on any atom is 0.416 e. The summed E-state index contributed by atoms with van der Waals surface area (Å²) in [6.07, 6.45) is -3.98. The molecule has 2 aromatic rings. The average molecular weight is 377 g/mol. The molecule has 2 aromatic carbocycles. The monoisotopic (exact) mass is 377 g/mol. The van der Waals surface area contributed by atoms with E-state index in [9.17, 15) is 18.0 Å². The van der Waals surface area contributed by atoms with Gasteiger partial charge < -0.3 is 14.8 Å². The molecule has 142 valence electrons. The van der Waals surface area contributed by atoms with Crippen LogP contribution in [0.4, 0.5) is 13.2 Å². The molecule has 0 unspecified atom stereocenters. The Kier molecular flexibility index (Phi) is 4.45. The van der Waals surface area contributed by atoms with E-state index in [0.29, 0.717) is 31.1 Å². The summed E-state index contributed by atoms with van der Waals surface area (Å²) in [6.45, 7) is 0.674. The molecule has 0 spiro atoms. The van der Waals surface area contributed by atoms with E-state index < -0.39 is 11.7 Å². The van der Waals surface area contributed by atoms with E-state index in [1.54, 1.807) is 0 Å². The topological polar surface area (TPSA) is 47.6 Å². The quantitative estimate of drug-likeness (QED) is 0.883. The summed E-state index contributed by atoms with van der Waals surface area (Å²) in [5.74, 6) is 0.985. The van der Waals surface area contributed by atoms with Crippen molar-refractivity contribution in [2.45, 2.75) is 24.6 Å². The molecule has 1 fully saturated rings. The molecule has 4 rings (SSSR count).